The molecule has 0 saturated heterocycles. The minimum Gasteiger partial charge on any atom is -0.179 e. The smallest absolute Gasteiger partial charge is 0.0378 e. The molecule has 0 heterocycles. The lowest BCUT2D eigenvalue weighted by molar-refractivity contribution is 0.627. The molecular weight excluding hydrogens is 128 g/mol. The highest BCUT2D eigenvalue weighted by molar-refractivity contribution is 7.80. The number of thiol groups is 1. The lowest BCUT2D eigenvalue weighted by atomic mass is 10.1. The third-order valence-electron chi connectivity index (χ3n) is 0.368. The normalized spacial score (nSPS) is 50.6. The number of rotatable bonds is 6. The fourth-order valence-corrected chi connectivity index (χ4v) is 0.209. The summed E-state index contributed by atoms with van der Waals surface area (Å²) in [5.74, 6) is 0. The van der Waals surface area contributed by atoms with Gasteiger partial charge in [0.05, 0.1) is 0 Å². The van der Waals surface area contributed by atoms with Crippen molar-refractivity contribution in [3.8, 4) is 0 Å². The van der Waals surface area contributed by atoms with Crippen LogP contribution in [0.25, 0.3) is 0 Å². The molecule has 0 bridgehead atoms. The maximum atomic E-state index is 7.69. The van der Waals surface area contributed by atoms with Gasteiger partial charge in [-0.3, -0.25) is 0 Å². The average Bonchev–Trinajstić information content (AvgIpc) is 2.34. The quantitative estimate of drug-likeness (QED) is 0.571. The van der Waals surface area contributed by atoms with Crippen molar-refractivity contribution in [3.63, 3.8) is 0 Å². The predicted octanol–water partition coefficient (Wildman–Crippen LogP) is 3.28. The summed E-state index contributed by atoms with van der Waals surface area (Å²) in [6.07, 6.45) is -24.5. The highest BCUT2D eigenvalue weighted by Gasteiger charge is 1.86. The SMILES string of the molecule is [2H]C([2H])([2H])C([2H])([2H])C([2H])([2H])C([2H])([2H])C([2H])([2H])C([2H])([2H])C([2H])([2H])C([2H])([2H])S. The van der Waals surface area contributed by atoms with Gasteiger partial charge in [-0.2, -0.15) is 12.6 Å². The van der Waals surface area contributed by atoms with E-state index < -0.39 is 50.8 Å². The highest BCUT2D eigenvalue weighted by Crippen LogP contribution is 2.04. The van der Waals surface area contributed by atoms with Crippen LogP contribution in [0.4, 0.5) is 0 Å². The van der Waals surface area contributed by atoms with Crippen LogP contribution in [0.3, 0.4) is 0 Å². The Labute approximate surface area is 88.3 Å². The van der Waals surface area contributed by atoms with E-state index in [0.29, 0.717) is 0 Å². The van der Waals surface area contributed by atoms with E-state index in [-0.39, 0.29) is 0 Å². The maximum Gasteiger partial charge on any atom is 0.0378 e. The van der Waals surface area contributed by atoms with Crippen molar-refractivity contribution in [2.45, 2.75) is 45.1 Å². The van der Waals surface area contributed by atoms with E-state index in [9.17, 15) is 0 Å². The molecule has 0 atom stereocenters. The van der Waals surface area contributed by atoms with Crippen LogP contribution in [-0.2, 0) is 0 Å². The Morgan fingerprint density at radius 2 is 1.89 bits per heavy atom. The monoisotopic (exact) mass is 163 g/mol. The Balaban J connectivity index is 6.61. The molecule has 0 rings (SSSR count). The first-order valence-electron chi connectivity index (χ1n) is 10.5. The summed E-state index contributed by atoms with van der Waals surface area (Å²) in [5.41, 5.74) is -3.34. The van der Waals surface area contributed by atoms with Crippen LogP contribution in [-0.4, -0.2) is 5.70 Å². The van der Waals surface area contributed by atoms with Crippen LogP contribution in [0.15, 0.2) is 0 Å². The van der Waals surface area contributed by atoms with Crippen molar-refractivity contribution in [3.05, 3.63) is 0 Å². The van der Waals surface area contributed by atoms with Gasteiger partial charge in [-0.05, 0) is 12.1 Å². The van der Waals surface area contributed by atoms with Crippen LogP contribution in [0, 0.1) is 0 Å². The van der Waals surface area contributed by atoms with Crippen molar-refractivity contribution in [2.24, 2.45) is 0 Å². The van der Waals surface area contributed by atoms with Gasteiger partial charge in [-0.25, -0.2) is 0 Å². The van der Waals surface area contributed by atoms with Crippen LogP contribution < -0.4 is 0 Å². The molecule has 1 heteroatoms. The van der Waals surface area contributed by atoms with E-state index in [1.54, 1.807) is 0 Å². The van der Waals surface area contributed by atoms with Gasteiger partial charge in [-0.1, -0.05) is 38.7 Å². The Bertz CT molecular complexity index is 474. The van der Waals surface area contributed by atoms with Crippen LogP contribution in [0.1, 0.15) is 68.4 Å². The molecule has 0 N–H and O–H groups in total. The Kier molecular flexibility index (Phi) is 0.941. The van der Waals surface area contributed by atoms with Gasteiger partial charge in [-0.15, -0.1) is 0 Å². The van der Waals surface area contributed by atoms with Gasteiger partial charge < -0.3 is 0 Å². The fourth-order valence-electron chi connectivity index (χ4n) is 0.153. The lowest BCUT2D eigenvalue weighted by Crippen LogP contribution is -1.78. The van der Waals surface area contributed by atoms with E-state index in [1.807, 2.05) is 0 Å². The molecule has 0 unspecified atom stereocenters. The van der Waals surface area contributed by atoms with E-state index in [0.717, 1.165) is 0 Å². The third-order valence-corrected chi connectivity index (χ3v) is 0.480. The summed E-state index contributed by atoms with van der Waals surface area (Å²) >= 11 is 3.20. The second-order valence-corrected chi connectivity index (χ2v) is 1.09. The minimum absolute atomic E-state index is 3.20. The number of hydrogen-bond acceptors (Lipinski definition) is 1. The molecule has 0 fully saturated rings. The highest BCUT2D eigenvalue weighted by atomic mass is 32.1. The van der Waals surface area contributed by atoms with Gasteiger partial charge in [0, 0.05) is 23.3 Å². The molecule has 0 nitrogen and oxygen atoms in total. The van der Waals surface area contributed by atoms with Gasteiger partial charge in [0.2, 0.25) is 0 Å². The van der Waals surface area contributed by atoms with Gasteiger partial charge in [0.15, 0.2) is 0 Å². The summed E-state index contributed by atoms with van der Waals surface area (Å²) in [5, 5.41) is 0. The van der Waals surface area contributed by atoms with Crippen molar-refractivity contribution in [1.29, 1.82) is 0 Å². The molecule has 0 spiro atoms. The molecular formula is C8H18S. The van der Waals surface area contributed by atoms with Crippen molar-refractivity contribution < 1.29 is 23.3 Å². The minimum atomic E-state index is -4.24. The average molecular weight is 163 g/mol. The van der Waals surface area contributed by atoms with Crippen molar-refractivity contribution >= 4 is 12.6 Å². The van der Waals surface area contributed by atoms with Crippen LogP contribution in [0.2, 0.25) is 0 Å². The molecule has 0 saturated carbocycles. The summed E-state index contributed by atoms with van der Waals surface area (Å²) in [4.78, 5) is 0. The first kappa shape index (κ1) is 1.01. The van der Waals surface area contributed by atoms with E-state index in [4.69, 9.17) is 23.3 Å². The summed E-state index contributed by atoms with van der Waals surface area (Å²) < 4.78 is 127. The maximum absolute atomic E-state index is 7.69. The standard InChI is InChI=1S/C8H18S/c1-2-3-4-5-6-7-8-9/h9H,2-8H2,1H3/i1D3,2D2,3D2,4D2,5D2,6D2,7D2,8D2. The predicted molar refractivity (Wildman–Crippen MR) is 47.2 cm³/mol. The molecule has 56 valence electrons. The lowest BCUT2D eigenvalue weighted by Gasteiger charge is -1.95. The fraction of sp³-hybridized carbons (Fsp3) is 1.00. The second kappa shape index (κ2) is 8.35. The van der Waals surface area contributed by atoms with Crippen molar-refractivity contribution in [1.82, 2.24) is 0 Å². The first-order chi connectivity index (χ1) is 10.8. The molecule has 0 amide bonds. The molecule has 9 heavy (non-hydrogen) atoms. The zero-order chi connectivity index (χ0) is 22.0. The Morgan fingerprint density at radius 1 is 1.22 bits per heavy atom. The molecule has 0 radical (unpaired) electrons. The third kappa shape index (κ3) is 8.35. The summed E-state index contributed by atoms with van der Waals surface area (Å²) in [6.45, 7) is -3.76. The first-order valence-corrected chi connectivity index (χ1v) is 2.42. The van der Waals surface area contributed by atoms with Crippen LogP contribution >= 0.6 is 12.6 Å². The van der Waals surface area contributed by atoms with Crippen molar-refractivity contribution in [2.75, 3.05) is 5.70 Å². The van der Waals surface area contributed by atoms with Gasteiger partial charge in [0.1, 0.15) is 0 Å². The largest absolute Gasteiger partial charge is 0.179 e. The molecule has 0 aliphatic rings. The Hall–Kier alpha value is 0.350. The van der Waals surface area contributed by atoms with E-state index >= 15 is 0 Å². The molecule has 0 aliphatic carbocycles. The van der Waals surface area contributed by atoms with E-state index in [2.05, 4.69) is 12.6 Å². The summed E-state index contributed by atoms with van der Waals surface area (Å²) in [7, 11) is 0. The zero-order valence-corrected chi connectivity index (χ0v) is 5.34. The Morgan fingerprint density at radius 3 is 2.56 bits per heavy atom. The molecule has 0 aromatic heterocycles. The molecule has 0 aromatic rings. The zero-order valence-electron chi connectivity index (χ0n) is 21.4. The second-order valence-electron chi connectivity index (χ2n) is 0.862. The molecule has 0 aromatic carbocycles. The van der Waals surface area contributed by atoms with E-state index in [1.165, 1.54) is 0 Å². The molecule has 0 aliphatic heterocycles. The topological polar surface area (TPSA) is 0 Å². The summed E-state index contributed by atoms with van der Waals surface area (Å²) in [6, 6.07) is 0. The van der Waals surface area contributed by atoms with Gasteiger partial charge >= 0.3 is 0 Å². The van der Waals surface area contributed by atoms with Crippen LogP contribution in [0.5, 0.6) is 0 Å². The number of hydrogen-bond donors (Lipinski definition) is 1. The van der Waals surface area contributed by atoms with Gasteiger partial charge in [0.25, 0.3) is 0 Å².